The van der Waals surface area contributed by atoms with E-state index in [-0.39, 0.29) is 18.6 Å². The lowest BCUT2D eigenvalue weighted by molar-refractivity contribution is -0.119. The third kappa shape index (κ3) is 3.02. The highest BCUT2D eigenvalue weighted by molar-refractivity contribution is 6.03. The molecular formula is C28H23NO3. The van der Waals surface area contributed by atoms with Gasteiger partial charge < -0.3 is 14.4 Å². The van der Waals surface area contributed by atoms with Crippen LogP contribution in [0.15, 0.2) is 78.9 Å². The Balaban J connectivity index is 1.52. The molecule has 0 aliphatic carbocycles. The minimum Gasteiger partial charge on any atom is -0.454 e. The molecule has 2 heterocycles. The SMILES string of the molecule is Cc1ccccc1CN1C(=O)CC(c2ccc3c(c2)OCO3)c2c1ccc1ccccc21. The van der Waals surface area contributed by atoms with Gasteiger partial charge in [-0.1, -0.05) is 60.7 Å². The number of carbonyl (C=O) groups excluding carboxylic acids is 1. The molecule has 0 fully saturated rings. The number of hydrogen-bond donors (Lipinski definition) is 0. The highest BCUT2D eigenvalue weighted by Gasteiger charge is 2.34. The number of carbonyl (C=O) groups is 1. The topological polar surface area (TPSA) is 38.8 Å². The predicted molar refractivity (Wildman–Crippen MR) is 125 cm³/mol. The van der Waals surface area contributed by atoms with Gasteiger partial charge in [-0.05, 0) is 58.1 Å². The summed E-state index contributed by atoms with van der Waals surface area (Å²) in [4.78, 5) is 15.4. The zero-order valence-electron chi connectivity index (χ0n) is 17.9. The van der Waals surface area contributed by atoms with Gasteiger partial charge in [0.2, 0.25) is 12.7 Å². The summed E-state index contributed by atoms with van der Waals surface area (Å²) in [6.45, 7) is 2.91. The third-order valence-corrected chi connectivity index (χ3v) is 6.66. The van der Waals surface area contributed by atoms with Crippen LogP contribution in [0.25, 0.3) is 10.8 Å². The zero-order valence-corrected chi connectivity index (χ0v) is 17.9. The summed E-state index contributed by atoms with van der Waals surface area (Å²) >= 11 is 0. The van der Waals surface area contributed by atoms with E-state index in [9.17, 15) is 4.79 Å². The highest BCUT2D eigenvalue weighted by Crippen LogP contribution is 2.46. The Morgan fingerprint density at radius 3 is 2.62 bits per heavy atom. The van der Waals surface area contributed by atoms with Crippen LogP contribution in [-0.2, 0) is 11.3 Å². The van der Waals surface area contributed by atoms with Crippen LogP contribution in [0, 0.1) is 6.92 Å². The summed E-state index contributed by atoms with van der Waals surface area (Å²) in [5.41, 5.74) is 5.64. The molecule has 158 valence electrons. The van der Waals surface area contributed by atoms with E-state index in [0.717, 1.165) is 22.7 Å². The van der Waals surface area contributed by atoms with Crippen molar-refractivity contribution in [2.45, 2.75) is 25.8 Å². The molecule has 0 saturated heterocycles. The Morgan fingerprint density at radius 2 is 1.72 bits per heavy atom. The first-order valence-corrected chi connectivity index (χ1v) is 10.9. The van der Waals surface area contributed by atoms with Crippen molar-refractivity contribution in [1.82, 2.24) is 0 Å². The normalized spacial score (nSPS) is 17.0. The highest BCUT2D eigenvalue weighted by atomic mass is 16.7. The summed E-state index contributed by atoms with van der Waals surface area (Å²) in [7, 11) is 0. The van der Waals surface area contributed by atoms with E-state index in [2.05, 4.69) is 61.5 Å². The molecule has 2 aliphatic rings. The largest absolute Gasteiger partial charge is 0.454 e. The summed E-state index contributed by atoms with van der Waals surface area (Å²) < 4.78 is 11.1. The van der Waals surface area contributed by atoms with E-state index in [1.54, 1.807) is 0 Å². The number of aryl methyl sites for hydroxylation is 1. The zero-order chi connectivity index (χ0) is 21.7. The van der Waals surface area contributed by atoms with Crippen LogP contribution < -0.4 is 14.4 Å². The molecule has 32 heavy (non-hydrogen) atoms. The molecule has 0 bridgehead atoms. The maximum atomic E-state index is 13.5. The summed E-state index contributed by atoms with van der Waals surface area (Å²) in [5, 5.41) is 2.37. The quantitative estimate of drug-likeness (QED) is 0.411. The first-order chi connectivity index (χ1) is 15.7. The molecule has 2 aliphatic heterocycles. The van der Waals surface area contributed by atoms with Crippen LogP contribution in [0.1, 0.15) is 34.6 Å². The molecular weight excluding hydrogens is 398 g/mol. The van der Waals surface area contributed by atoms with Gasteiger partial charge in [-0.2, -0.15) is 0 Å². The predicted octanol–water partition coefficient (Wildman–Crippen LogP) is 5.95. The molecule has 0 saturated carbocycles. The molecule has 4 aromatic carbocycles. The van der Waals surface area contributed by atoms with Crippen molar-refractivity contribution in [2.75, 3.05) is 11.7 Å². The molecule has 1 amide bonds. The van der Waals surface area contributed by atoms with Crippen LogP contribution in [0.5, 0.6) is 11.5 Å². The number of nitrogens with zero attached hydrogens (tertiary/aromatic N) is 1. The van der Waals surface area contributed by atoms with Gasteiger partial charge in [-0.15, -0.1) is 0 Å². The Kier molecular flexibility index (Phi) is 4.39. The maximum Gasteiger partial charge on any atom is 0.231 e. The Morgan fingerprint density at radius 1 is 0.906 bits per heavy atom. The van der Waals surface area contributed by atoms with Crippen molar-refractivity contribution in [3.63, 3.8) is 0 Å². The van der Waals surface area contributed by atoms with Crippen LogP contribution in [0.4, 0.5) is 5.69 Å². The lowest BCUT2D eigenvalue weighted by Gasteiger charge is -2.35. The van der Waals surface area contributed by atoms with Crippen molar-refractivity contribution in [2.24, 2.45) is 0 Å². The van der Waals surface area contributed by atoms with E-state index in [0.29, 0.717) is 13.0 Å². The van der Waals surface area contributed by atoms with E-state index < -0.39 is 0 Å². The smallest absolute Gasteiger partial charge is 0.231 e. The average Bonchev–Trinajstić information content (AvgIpc) is 3.29. The number of hydrogen-bond acceptors (Lipinski definition) is 3. The molecule has 4 heteroatoms. The van der Waals surface area contributed by atoms with Crippen LogP contribution in [0.3, 0.4) is 0 Å². The Labute approximate surface area is 187 Å². The molecule has 4 nitrogen and oxygen atoms in total. The fourth-order valence-electron chi connectivity index (χ4n) is 4.95. The van der Waals surface area contributed by atoms with Gasteiger partial charge in [0.1, 0.15) is 0 Å². The second-order valence-corrected chi connectivity index (χ2v) is 8.50. The third-order valence-electron chi connectivity index (χ3n) is 6.66. The Hall–Kier alpha value is -3.79. The van der Waals surface area contributed by atoms with E-state index in [1.165, 1.54) is 27.5 Å². The molecule has 4 aromatic rings. The first kappa shape index (κ1) is 18.9. The van der Waals surface area contributed by atoms with Crippen molar-refractivity contribution >= 4 is 22.4 Å². The Bertz CT molecular complexity index is 1360. The van der Waals surface area contributed by atoms with Crippen molar-refractivity contribution in [1.29, 1.82) is 0 Å². The van der Waals surface area contributed by atoms with Gasteiger partial charge in [-0.25, -0.2) is 0 Å². The monoisotopic (exact) mass is 421 g/mol. The van der Waals surface area contributed by atoms with Crippen molar-refractivity contribution < 1.29 is 14.3 Å². The standard InChI is InChI=1S/C28H23NO3/c1-18-6-2-3-8-21(18)16-29-24-12-10-19-7-4-5-9-22(19)28(24)23(15-27(29)30)20-11-13-25-26(14-20)32-17-31-25/h2-14,23H,15-17H2,1H3. The minimum atomic E-state index is -0.0359. The number of ether oxygens (including phenoxy) is 2. The van der Waals surface area contributed by atoms with Gasteiger partial charge in [0, 0.05) is 18.0 Å². The fraction of sp³-hybridized carbons (Fsp3) is 0.179. The number of benzene rings is 4. The van der Waals surface area contributed by atoms with Crippen molar-refractivity contribution in [3.05, 3.63) is 101 Å². The van der Waals surface area contributed by atoms with Crippen LogP contribution in [0.2, 0.25) is 0 Å². The second kappa shape index (κ2) is 7.41. The van der Waals surface area contributed by atoms with E-state index in [4.69, 9.17) is 9.47 Å². The number of anilines is 1. The molecule has 1 atom stereocenters. The summed E-state index contributed by atoms with van der Waals surface area (Å²) in [5.74, 6) is 1.61. The van der Waals surface area contributed by atoms with E-state index in [1.807, 2.05) is 29.2 Å². The number of fused-ring (bicyclic) bond motifs is 4. The number of rotatable bonds is 3. The lowest BCUT2D eigenvalue weighted by Crippen LogP contribution is -2.36. The number of amides is 1. The average molecular weight is 421 g/mol. The van der Waals surface area contributed by atoms with Crippen LogP contribution in [-0.4, -0.2) is 12.7 Å². The summed E-state index contributed by atoms with van der Waals surface area (Å²) in [6, 6.07) is 27.0. The van der Waals surface area contributed by atoms with Gasteiger partial charge in [0.05, 0.1) is 6.54 Å². The molecule has 0 N–H and O–H groups in total. The van der Waals surface area contributed by atoms with Gasteiger partial charge in [0.15, 0.2) is 11.5 Å². The van der Waals surface area contributed by atoms with Gasteiger partial charge in [0.25, 0.3) is 0 Å². The molecule has 0 aromatic heterocycles. The maximum absolute atomic E-state index is 13.5. The summed E-state index contributed by atoms with van der Waals surface area (Å²) in [6.07, 6.45) is 0.423. The molecule has 6 rings (SSSR count). The molecule has 0 spiro atoms. The molecule has 0 radical (unpaired) electrons. The minimum absolute atomic E-state index is 0.0359. The molecule has 1 unspecified atom stereocenters. The van der Waals surface area contributed by atoms with Crippen LogP contribution >= 0.6 is 0 Å². The fourth-order valence-corrected chi connectivity index (χ4v) is 4.95. The second-order valence-electron chi connectivity index (χ2n) is 8.50. The van der Waals surface area contributed by atoms with Gasteiger partial charge >= 0.3 is 0 Å². The van der Waals surface area contributed by atoms with Crippen molar-refractivity contribution in [3.8, 4) is 11.5 Å². The first-order valence-electron chi connectivity index (χ1n) is 10.9. The lowest BCUT2D eigenvalue weighted by atomic mass is 9.81. The van der Waals surface area contributed by atoms with E-state index >= 15 is 0 Å². The van der Waals surface area contributed by atoms with Gasteiger partial charge in [-0.3, -0.25) is 4.79 Å².